The summed E-state index contributed by atoms with van der Waals surface area (Å²) < 4.78 is 5.29. The lowest BCUT2D eigenvalue weighted by Crippen LogP contribution is -2.11. The van der Waals surface area contributed by atoms with Gasteiger partial charge in [0.1, 0.15) is 5.75 Å². The van der Waals surface area contributed by atoms with Crippen LogP contribution < -0.4 is 4.74 Å². The first-order valence-electron chi connectivity index (χ1n) is 7.21. The van der Waals surface area contributed by atoms with Crippen LogP contribution in [0.5, 0.6) is 5.75 Å². The number of thioether (sulfide) groups is 1. The minimum absolute atomic E-state index is 0.277. The van der Waals surface area contributed by atoms with Crippen molar-refractivity contribution in [2.75, 3.05) is 6.26 Å². The Morgan fingerprint density at radius 3 is 2.45 bits per heavy atom. The van der Waals surface area contributed by atoms with Crippen molar-refractivity contribution in [1.82, 2.24) is 0 Å². The van der Waals surface area contributed by atoms with Gasteiger partial charge in [0.2, 0.25) is 0 Å². The number of ether oxygens (including phenoxy) is 1. The van der Waals surface area contributed by atoms with E-state index in [0.29, 0.717) is 11.7 Å². The number of esters is 1. The lowest BCUT2D eigenvalue weighted by Gasteiger charge is -2.23. The highest BCUT2D eigenvalue weighted by Crippen LogP contribution is 2.29. The zero-order valence-electron chi connectivity index (χ0n) is 12.2. The van der Waals surface area contributed by atoms with E-state index in [-0.39, 0.29) is 5.97 Å². The van der Waals surface area contributed by atoms with Crippen molar-refractivity contribution < 1.29 is 9.53 Å². The molecule has 0 aromatic heterocycles. The third kappa shape index (κ3) is 4.71. The number of benzene rings is 1. The maximum absolute atomic E-state index is 11.8. The molecule has 0 spiro atoms. The second-order valence-electron chi connectivity index (χ2n) is 5.48. The van der Waals surface area contributed by atoms with Gasteiger partial charge in [0.15, 0.2) is 0 Å². The van der Waals surface area contributed by atoms with Crippen LogP contribution in [0.1, 0.15) is 32.6 Å². The van der Waals surface area contributed by atoms with Gasteiger partial charge in [-0.2, -0.15) is 0 Å². The van der Waals surface area contributed by atoms with E-state index in [1.165, 1.54) is 25.7 Å². The smallest absolute Gasteiger partial charge is 0.335 e. The second-order valence-corrected chi connectivity index (χ2v) is 6.36. The molecule has 1 aliphatic carbocycles. The maximum atomic E-state index is 11.8. The second kappa shape index (κ2) is 7.53. The predicted molar refractivity (Wildman–Crippen MR) is 84.1 cm³/mol. The van der Waals surface area contributed by atoms with Crippen molar-refractivity contribution >= 4 is 17.7 Å². The quantitative estimate of drug-likeness (QED) is 0.348. The molecule has 1 fully saturated rings. The molecule has 0 saturated heterocycles. The van der Waals surface area contributed by atoms with Crippen molar-refractivity contribution in [3.05, 3.63) is 36.4 Å². The van der Waals surface area contributed by atoms with E-state index in [0.717, 1.165) is 10.8 Å². The van der Waals surface area contributed by atoms with E-state index in [2.05, 4.69) is 6.92 Å². The molecule has 0 amide bonds. The number of allylic oxidation sites excluding steroid dienone is 1. The Kier molecular flexibility index (Phi) is 5.72. The molecule has 2 rings (SSSR count). The molecule has 1 saturated carbocycles. The molecule has 3 heteroatoms. The fourth-order valence-electron chi connectivity index (χ4n) is 2.49. The Labute approximate surface area is 125 Å². The summed E-state index contributed by atoms with van der Waals surface area (Å²) in [5.41, 5.74) is 0. The average molecular weight is 290 g/mol. The standard InChI is InChI=1S/C17H22O2S/c1-13-3-5-14(6-4-13)7-12-17(18)19-15-8-10-16(20-2)11-9-15/h7-14H,3-6H2,1-2H3. The SMILES string of the molecule is CSc1ccc(OC(=O)C=CC2CCC(C)CC2)cc1. The summed E-state index contributed by atoms with van der Waals surface area (Å²) in [5.74, 6) is 1.70. The highest BCUT2D eigenvalue weighted by molar-refractivity contribution is 7.98. The van der Waals surface area contributed by atoms with E-state index < -0.39 is 0 Å². The Bertz CT molecular complexity index is 456. The molecule has 1 aliphatic rings. The summed E-state index contributed by atoms with van der Waals surface area (Å²) in [4.78, 5) is 12.9. The van der Waals surface area contributed by atoms with Crippen molar-refractivity contribution in [2.24, 2.45) is 11.8 Å². The Hall–Kier alpha value is -1.22. The summed E-state index contributed by atoms with van der Waals surface area (Å²) in [5, 5.41) is 0. The normalized spacial score (nSPS) is 22.9. The third-order valence-corrected chi connectivity index (χ3v) is 4.59. The molecule has 0 aliphatic heterocycles. The van der Waals surface area contributed by atoms with Gasteiger partial charge < -0.3 is 4.74 Å². The Morgan fingerprint density at radius 2 is 1.85 bits per heavy atom. The first-order chi connectivity index (χ1) is 9.67. The molecule has 0 unspecified atom stereocenters. The molecule has 0 radical (unpaired) electrons. The van der Waals surface area contributed by atoms with Gasteiger partial charge in [-0.15, -0.1) is 11.8 Å². The van der Waals surface area contributed by atoms with Gasteiger partial charge >= 0.3 is 5.97 Å². The molecule has 0 N–H and O–H groups in total. The molecular weight excluding hydrogens is 268 g/mol. The molecular formula is C17H22O2S. The molecule has 2 nitrogen and oxygen atoms in total. The van der Waals surface area contributed by atoms with E-state index in [9.17, 15) is 4.79 Å². The summed E-state index contributed by atoms with van der Waals surface area (Å²) >= 11 is 1.67. The minimum Gasteiger partial charge on any atom is -0.423 e. The number of carbonyl (C=O) groups is 1. The van der Waals surface area contributed by atoms with E-state index >= 15 is 0 Å². The van der Waals surface area contributed by atoms with Gasteiger partial charge in [0.25, 0.3) is 0 Å². The zero-order valence-corrected chi connectivity index (χ0v) is 13.0. The summed E-state index contributed by atoms with van der Waals surface area (Å²) in [6, 6.07) is 7.58. The van der Waals surface area contributed by atoms with Gasteiger partial charge in [-0.3, -0.25) is 0 Å². The van der Waals surface area contributed by atoms with Crippen LogP contribution in [0, 0.1) is 11.8 Å². The Morgan fingerprint density at radius 1 is 1.20 bits per heavy atom. The summed E-state index contributed by atoms with van der Waals surface area (Å²) in [6.07, 6.45) is 10.5. The fraction of sp³-hybridized carbons (Fsp3) is 0.471. The number of hydrogen-bond acceptors (Lipinski definition) is 3. The highest BCUT2D eigenvalue weighted by atomic mass is 32.2. The van der Waals surface area contributed by atoms with Crippen molar-refractivity contribution in [3.63, 3.8) is 0 Å². The number of rotatable bonds is 4. The van der Waals surface area contributed by atoms with Crippen LogP contribution in [0.2, 0.25) is 0 Å². The van der Waals surface area contributed by atoms with Crippen LogP contribution in [0.25, 0.3) is 0 Å². The number of carbonyl (C=O) groups excluding carboxylic acids is 1. The van der Waals surface area contributed by atoms with Crippen LogP contribution in [0.3, 0.4) is 0 Å². The monoisotopic (exact) mass is 290 g/mol. The molecule has 108 valence electrons. The van der Waals surface area contributed by atoms with Crippen molar-refractivity contribution in [3.8, 4) is 5.75 Å². The van der Waals surface area contributed by atoms with Crippen molar-refractivity contribution in [1.29, 1.82) is 0 Å². The molecule has 0 heterocycles. The Balaban J connectivity index is 1.82. The molecule has 0 bridgehead atoms. The lowest BCUT2D eigenvalue weighted by molar-refractivity contribution is -0.129. The summed E-state index contributed by atoms with van der Waals surface area (Å²) in [6.45, 7) is 2.30. The molecule has 0 atom stereocenters. The van der Waals surface area contributed by atoms with Crippen LogP contribution in [0.4, 0.5) is 0 Å². The predicted octanol–water partition coefficient (Wildman–Crippen LogP) is 4.70. The fourth-order valence-corrected chi connectivity index (χ4v) is 2.90. The first kappa shape index (κ1) is 15.2. The summed E-state index contributed by atoms with van der Waals surface area (Å²) in [7, 11) is 0. The molecule has 1 aromatic rings. The first-order valence-corrected chi connectivity index (χ1v) is 8.44. The molecule has 1 aromatic carbocycles. The van der Waals surface area contributed by atoms with Gasteiger partial charge in [-0.25, -0.2) is 4.79 Å². The van der Waals surface area contributed by atoms with Crippen molar-refractivity contribution in [2.45, 2.75) is 37.5 Å². The maximum Gasteiger partial charge on any atom is 0.335 e. The lowest BCUT2D eigenvalue weighted by atomic mass is 9.83. The van der Waals surface area contributed by atoms with Crippen LogP contribution >= 0.6 is 11.8 Å². The van der Waals surface area contributed by atoms with Crippen LogP contribution in [-0.4, -0.2) is 12.2 Å². The molecule has 20 heavy (non-hydrogen) atoms. The highest BCUT2D eigenvalue weighted by Gasteiger charge is 2.16. The van der Waals surface area contributed by atoms with Crippen LogP contribution in [-0.2, 0) is 4.79 Å². The largest absolute Gasteiger partial charge is 0.423 e. The average Bonchev–Trinajstić information content (AvgIpc) is 2.47. The van der Waals surface area contributed by atoms with Gasteiger partial charge in [0, 0.05) is 11.0 Å². The van der Waals surface area contributed by atoms with E-state index in [1.807, 2.05) is 36.6 Å². The van der Waals surface area contributed by atoms with E-state index in [1.54, 1.807) is 17.8 Å². The van der Waals surface area contributed by atoms with Gasteiger partial charge in [-0.05, 0) is 55.2 Å². The zero-order chi connectivity index (χ0) is 14.4. The topological polar surface area (TPSA) is 26.3 Å². The van der Waals surface area contributed by atoms with Gasteiger partial charge in [0.05, 0.1) is 0 Å². The van der Waals surface area contributed by atoms with Crippen LogP contribution in [0.15, 0.2) is 41.3 Å². The third-order valence-electron chi connectivity index (χ3n) is 3.84. The number of hydrogen-bond donors (Lipinski definition) is 0. The minimum atomic E-state index is -0.277. The van der Waals surface area contributed by atoms with E-state index in [4.69, 9.17) is 4.74 Å². The van der Waals surface area contributed by atoms with Gasteiger partial charge in [-0.1, -0.05) is 25.8 Å².